The van der Waals surface area contributed by atoms with E-state index in [0.717, 1.165) is 6.42 Å². The number of amides is 2. The van der Waals surface area contributed by atoms with Gasteiger partial charge in [-0.15, -0.1) is 0 Å². The molecule has 106 valence electrons. The molecule has 4 heteroatoms. The van der Waals surface area contributed by atoms with Gasteiger partial charge in [-0.3, -0.25) is 0 Å². The van der Waals surface area contributed by atoms with Crippen molar-refractivity contribution in [1.82, 2.24) is 10.6 Å². The second-order valence-electron chi connectivity index (χ2n) is 4.65. The Bertz CT molecular complexity index is 564. The molecule has 0 saturated heterocycles. The fraction of sp³-hybridized carbons (Fsp3) is 0.312. The van der Waals surface area contributed by atoms with E-state index < -0.39 is 0 Å². The van der Waals surface area contributed by atoms with E-state index in [4.69, 9.17) is 5.11 Å². The number of hydrogen-bond acceptors (Lipinski definition) is 2. The highest BCUT2D eigenvalue weighted by atomic mass is 16.3. The first-order chi connectivity index (χ1) is 9.81. The van der Waals surface area contributed by atoms with Crippen molar-refractivity contribution >= 4 is 16.8 Å². The molecule has 2 amide bonds. The van der Waals surface area contributed by atoms with Crippen molar-refractivity contribution in [3.05, 3.63) is 48.0 Å². The average molecular weight is 272 g/mol. The number of rotatable bonds is 6. The Kier molecular flexibility index (Phi) is 5.38. The summed E-state index contributed by atoms with van der Waals surface area (Å²) in [5, 5.41) is 16.6. The second kappa shape index (κ2) is 7.50. The van der Waals surface area contributed by atoms with Gasteiger partial charge in [-0.05, 0) is 29.2 Å². The summed E-state index contributed by atoms with van der Waals surface area (Å²) in [6.45, 7) is 1.19. The Hall–Kier alpha value is -2.07. The van der Waals surface area contributed by atoms with Crippen LogP contribution in [0.3, 0.4) is 0 Å². The molecule has 0 aliphatic rings. The molecule has 2 aromatic rings. The zero-order valence-corrected chi connectivity index (χ0v) is 11.4. The van der Waals surface area contributed by atoms with Gasteiger partial charge in [0, 0.05) is 19.7 Å². The number of hydrogen-bond donors (Lipinski definition) is 3. The van der Waals surface area contributed by atoms with Crippen LogP contribution in [0.15, 0.2) is 42.5 Å². The van der Waals surface area contributed by atoms with Gasteiger partial charge in [0.1, 0.15) is 0 Å². The largest absolute Gasteiger partial charge is 0.396 e. The zero-order chi connectivity index (χ0) is 14.2. The van der Waals surface area contributed by atoms with Gasteiger partial charge in [-0.2, -0.15) is 0 Å². The topological polar surface area (TPSA) is 61.4 Å². The maximum Gasteiger partial charge on any atom is 0.314 e. The summed E-state index contributed by atoms with van der Waals surface area (Å²) in [5.74, 6) is 0. The fourth-order valence-corrected chi connectivity index (χ4v) is 2.16. The van der Waals surface area contributed by atoms with Crippen molar-refractivity contribution in [2.75, 3.05) is 19.7 Å². The lowest BCUT2D eigenvalue weighted by atomic mass is 10.0. The van der Waals surface area contributed by atoms with Crippen molar-refractivity contribution < 1.29 is 9.90 Å². The summed E-state index contributed by atoms with van der Waals surface area (Å²) in [7, 11) is 0. The third-order valence-corrected chi connectivity index (χ3v) is 3.18. The monoisotopic (exact) mass is 272 g/mol. The van der Waals surface area contributed by atoms with Crippen LogP contribution in [-0.2, 0) is 6.42 Å². The molecule has 2 aromatic carbocycles. The fourth-order valence-electron chi connectivity index (χ4n) is 2.16. The first-order valence-corrected chi connectivity index (χ1v) is 6.90. The molecule has 0 aliphatic heterocycles. The molecule has 0 radical (unpaired) electrons. The number of carbonyl (C=O) groups is 1. The Labute approximate surface area is 118 Å². The van der Waals surface area contributed by atoms with E-state index in [1.165, 1.54) is 16.3 Å². The lowest BCUT2D eigenvalue weighted by Crippen LogP contribution is -2.37. The van der Waals surface area contributed by atoms with E-state index in [0.29, 0.717) is 19.5 Å². The van der Waals surface area contributed by atoms with Crippen molar-refractivity contribution in [3.8, 4) is 0 Å². The Morgan fingerprint density at radius 2 is 1.75 bits per heavy atom. The van der Waals surface area contributed by atoms with Gasteiger partial charge < -0.3 is 15.7 Å². The van der Waals surface area contributed by atoms with Crippen molar-refractivity contribution in [2.24, 2.45) is 0 Å². The minimum Gasteiger partial charge on any atom is -0.396 e. The van der Waals surface area contributed by atoms with Crippen LogP contribution < -0.4 is 10.6 Å². The van der Waals surface area contributed by atoms with Crippen LogP contribution in [0.25, 0.3) is 10.8 Å². The van der Waals surface area contributed by atoms with Crippen LogP contribution in [0.5, 0.6) is 0 Å². The maximum atomic E-state index is 11.5. The van der Waals surface area contributed by atoms with E-state index in [-0.39, 0.29) is 12.6 Å². The molecule has 0 fully saturated rings. The van der Waals surface area contributed by atoms with Crippen molar-refractivity contribution in [2.45, 2.75) is 12.8 Å². The summed E-state index contributed by atoms with van der Waals surface area (Å²) in [6.07, 6.45) is 1.38. The highest BCUT2D eigenvalue weighted by Crippen LogP contribution is 2.18. The van der Waals surface area contributed by atoms with E-state index in [9.17, 15) is 4.79 Å². The third kappa shape index (κ3) is 3.96. The molecule has 4 nitrogen and oxygen atoms in total. The number of nitrogens with one attached hydrogen (secondary N) is 2. The van der Waals surface area contributed by atoms with Gasteiger partial charge in [0.15, 0.2) is 0 Å². The number of urea groups is 1. The molecule has 2 rings (SSSR count). The minimum absolute atomic E-state index is 0.0935. The summed E-state index contributed by atoms with van der Waals surface area (Å²) in [4.78, 5) is 11.5. The first kappa shape index (κ1) is 14.3. The van der Waals surface area contributed by atoms with Gasteiger partial charge in [-0.25, -0.2) is 4.79 Å². The van der Waals surface area contributed by atoms with Crippen molar-refractivity contribution in [3.63, 3.8) is 0 Å². The molecule has 0 bridgehead atoms. The molecule has 0 spiro atoms. The van der Waals surface area contributed by atoms with E-state index in [2.05, 4.69) is 34.9 Å². The normalized spacial score (nSPS) is 10.4. The maximum absolute atomic E-state index is 11.5. The molecule has 0 aliphatic carbocycles. The number of fused-ring (bicyclic) bond motifs is 1. The number of aliphatic hydroxyl groups is 1. The smallest absolute Gasteiger partial charge is 0.314 e. The van der Waals surface area contributed by atoms with E-state index in [1.807, 2.05) is 18.2 Å². The Balaban J connectivity index is 1.85. The molecule has 3 N–H and O–H groups in total. The standard InChI is InChI=1S/C16H20N2O2/c19-12-4-10-17-16(20)18-11-9-14-7-3-6-13-5-1-2-8-15(13)14/h1-3,5-8,19H,4,9-12H2,(H2,17,18,20). The van der Waals surface area contributed by atoms with Gasteiger partial charge in [-0.1, -0.05) is 42.5 Å². The first-order valence-electron chi connectivity index (χ1n) is 6.90. The van der Waals surface area contributed by atoms with Crippen LogP contribution in [0.4, 0.5) is 4.79 Å². The Morgan fingerprint density at radius 3 is 2.60 bits per heavy atom. The minimum atomic E-state index is -0.182. The van der Waals surface area contributed by atoms with Crippen LogP contribution >= 0.6 is 0 Å². The zero-order valence-electron chi connectivity index (χ0n) is 11.4. The van der Waals surface area contributed by atoms with Crippen LogP contribution in [-0.4, -0.2) is 30.8 Å². The van der Waals surface area contributed by atoms with Crippen molar-refractivity contribution in [1.29, 1.82) is 0 Å². The molecule has 0 unspecified atom stereocenters. The highest BCUT2D eigenvalue weighted by molar-refractivity contribution is 5.85. The van der Waals surface area contributed by atoms with Gasteiger partial charge >= 0.3 is 6.03 Å². The molecule has 0 saturated carbocycles. The van der Waals surface area contributed by atoms with Crippen LogP contribution in [0.1, 0.15) is 12.0 Å². The molecular formula is C16H20N2O2. The number of carbonyl (C=O) groups excluding carboxylic acids is 1. The highest BCUT2D eigenvalue weighted by Gasteiger charge is 2.02. The average Bonchev–Trinajstić information content (AvgIpc) is 2.48. The summed E-state index contributed by atoms with van der Waals surface area (Å²) >= 11 is 0. The third-order valence-electron chi connectivity index (χ3n) is 3.18. The van der Waals surface area contributed by atoms with Gasteiger partial charge in [0.25, 0.3) is 0 Å². The SMILES string of the molecule is O=C(NCCCO)NCCc1cccc2ccccc12. The van der Waals surface area contributed by atoms with Crippen LogP contribution in [0.2, 0.25) is 0 Å². The van der Waals surface area contributed by atoms with Crippen LogP contribution in [0, 0.1) is 0 Å². The lowest BCUT2D eigenvalue weighted by Gasteiger charge is -2.09. The molecule has 0 heterocycles. The van der Waals surface area contributed by atoms with E-state index in [1.54, 1.807) is 0 Å². The molecule has 20 heavy (non-hydrogen) atoms. The predicted octanol–water partition coefficient (Wildman–Crippen LogP) is 2.06. The summed E-state index contributed by atoms with van der Waals surface area (Å²) in [6, 6.07) is 14.3. The number of aliphatic hydroxyl groups excluding tert-OH is 1. The molecule has 0 aromatic heterocycles. The predicted molar refractivity (Wildman–Crippen MR) is 80.8 cm³/mol. The van der Waals surface area contributed by atoms with Gasteiger partial charge in [0.2, 0.25) is 0 Å². The molecule has 0 atom stereocenters. The number of benzene rings is 2. The summed E-state index contributed by atoms with van der Waals surface area (Å²) in [5.41, 5.74) is 1.23. The van der Waals surface area contributed by atoms with E-state index >= 15 is 0 Å². The second-order valence-corrected chi connectivity index (χ2v) is 4.65. The summed E-state index contributed by atoms with van der Waals surface area (Å²) < 4.78 is 0. The lowest BCUT2D eigenvalue weighted by molar-refractivity contribution is 0.238. The van der Waals surface area contributed by atoms with Gasteiger partial charge in [0.05, 0.1) is 0 Å². The molecular weight excluding hydrogens is 252 g/mol. The Morgan fingerprint density at radius 1 is 1.00 bits per heavy atom. The quantitative estimate of drug-likeness (QED) is 0.705.